The van der Waals surface area contributed by atoms with Crippen LogP contribution in [0.5, 0.6) is 0 Å². The molecule has 0 unspecified atom stereocenters. The molecule has 6 heterocycles. The van der Waals surface area contributed by atoms with Crippen LogP contribution in [0.2, 0.25) is 0 Å². The minimum absolute atomic E-state index is 0.0327. The number of amides is 4. The fourth-order valence-electron chi connectivity index (χ4n) is 9.03. The number of nitrogens with zero attached hydrogens (tertiary/aromatic N) is 6. The molecule has 3 aromatic heterocycles. The summed E-state index contributed by atoms with van der Waals surface area (Å²) in [6, 6.07) is 6.12. The number of hydrogen-bond acceptors (Lipinski definition) is 11. The average Bonchev–Trinajstić information content (AvgIpc) is 3.95. The first-order valence-corrected chi connectivity index (χ1v) is 22.4. The van der Waals surface area contributed by atoms with E-state index in [0.717, 1.165) is 44.7 Å². The number of hydrazine groups is 1. The van der Waals surface area contributed by atoms with E-state index in [9.17, 15) is 23.6 Å². The van der Waals surface area contributed by atoms with Crippen molar-refractivity contribution < 1.29 is 33.0 Å². The number of thiazole rings is 1. The predicted octanol–water partition coefficient (Wildman–Crippen LogP) is 5.26. The number of rotatable bonds is 8. The smallest absolute Gasteiger partial charge is 0.324 e. The van der Waals surface area contributed by atoms with Gasteiger partial charge in [0.25, 0.3) is 5.91 Å². The van der Waals surface area contributed by atoms with Crippen LogP contribution in [0.3, 0.4) is 0 Å². The lowest BCUT2D eigenvalue weighted by Crippen LogP contribution is -2.62. The number of nitrogens with one attached hydrogen (secondary N) is 2. The van der Waals surface area contributed by atoms with Crippen LogP contribution in [0.4, 0.5) is 9.18 Å². The van der Waals surface area contributed by atoms with Crippen LogP contribution < -0.4 is 16.5 Å². The van der Waals surface area contributed by atoms with E-state index in [2.05, 4.69) is 60.3 Å². The van der Waals surface area contributed by atoms with Crippen molar-refractivity contribution in [1.29, 1.82) is 0 Å². The van der Waals surface area contributed by atoms with Gasteiger partial charge in [0.05, 0.1) is 47.4 Å². The predicted molar refractivity (Wildman–Crippen MR) is 236 cm³/mol. The number of likely N-dealkylation sites (tertiary alicyclic amines) is 1. The Labute approximate surface area is 366 Å². The zero-order chi connectivity index (χ0) is 44.6. The summed E-state index contributed by atoms with van der Waals surface area (Å²) in [6.07, 6.45) is 1.76. The number of alkyl halides is 1. The SMILES string of the molecule is CCn1c(-c2cccnc2[C@H](C)OC)c2c3cc(ccc31)-c1csc(n1)C[C@H](NC(=O)[C@H](C(C)C)N(C)C(=O)N1C[C@H](N)[C@@H](F)C1)C(=O)N1CCC[C@H](N1)C(=O)OCC(C)(C)C2. The zero-order valence-electron chi connectivity index (χ0n) is 36.9. The number of benzene rings is 1. The number of likely N-dealkylation sites (N-methyl/N-ethyl adjacent to an activating group) is 1. The highest BCUT2D eigenvalue weighted by atomic mass is 32.1. The number of nitrogens with two attached hydrogens (primary N) is 1. The Morgan fingerprint density at radius 3 is 2.66 bits per heavy atom. The highest BCUT2D eigenvalue weighted by molar-refractivity contribution is 7.10. The number of fused-ring (bicyclic) bond motifs is 6. The monoisotopic (exact) mass is 873 g/mol. The molecule has 1 aromatic carbocycles. The largest absolute Gasteiger partial charge is 0.464 e. The summed E-state index contributed by atoms with van der Waals surface area (Å²) in [4.78, 5) is 68.6. The first-order chi connectivity index (χ1) is 29.5. The Balaban J connectivity index is 1.29. The van der Waals surface area contributed by atoms with E-state index < -0.39 is 59.6 Å². The van der Waals surface area contributed by atoms with Gasteiger partial charge in [-0.05, 0) is 68.9 Å². The summed E-state index contributed by atoms with van der Waals surface area (Å²) in [5, 5.41) is 7.95. The van der Waals surface area contributed by atoms with Crippen LogP contribution in [0.25, 0.3) is 33.4 Å². The number of esters is 1. The second-order valence-corrected chi connectivity index (χ2v) is 18.9. The van der Waals surface area contributed by atoms with Gasteiger partial charge >= 0.3 is 12.0 Å². The van der Waals surface area contributed by atoms with Gasteiger partial charge in [-0.15, -0.1) is 11.3 Å². The van der Waals surface area contributed by atoms with Crippen molar-refractivity contribution in [2.75, 3.05) is 40.4 Å². The topological polar surface area (TPSA) is 177 Å². The van der Waals surface area contributed by atoms with Gasteiger partial charge in [0.2, 0.25) is 5.91 Å². The normalized spacial score (nSPS) is 23.0. The number of cyclic esters (lactones) is 1. The van der Waals surface area contributed by atoms with Gasteiger partial charge in [-0.25, -0.2) is 19.6 Å². The van der Waals surface area contributed by atoms with Crippen molar-refractivity contribution in [1.82, 2.24) is 40.1 Å². The number of methoxy groups -OCH3 is 1. The molecule has 0 spiro atoms. The van der Waals surface area contributed by atoms with Gasteiger partial charge in [0.15, 0.2) is 0 Å². The first kappa shape index (κ1) is 45.1. The lowest BCUT2D eigenvalue weighted by atomic mass is 9.84. The second-order valence-electron chi connectivity index (χ2n) is 17.9. The van der Waals surface area contributed by atoms with E-state index in [-0.39, 0.29) is 38.1 Å². The summed E-state index contributed by atoms with van der Waals surface area (Å²) >= 11 is 1.39. The summed E-state index contributed by atoms with van der Waals surface area (Å²) < 4.78 is 28.5. The highest BCUT2D eigenvalue weighted by Gasteiger charge is 2.41. The van der Waals surface area contributed by atoms with Crippen molar-refractivity contribution in [3.63, 3.8) is 0 Å². The lowest BCUT2D eigenvalue weighted by molar-refractivity contribution is -0.155. The third kappa shape index (κ3) is 9.08. The maximum Gasteiger partial charge on any atom is 0.324 e. The van der Waals surface area contributed by atoms with Gasteiger partial charge in [0.1, 0.15) is 24.3 Å². The van der Waals surface area contributed by atoms with Crippen LogP contribution >= 0.6 is 11.3 Å². The molecule has 6 atom stereocenters. The Morgan fingerprint density at radius 2 is 1.97 bits per heavy atom. The molecule has 4 amide bonds. The van der Waals surface area contributed by atoms with E-state index in [1.54, 1.807) is 27.2 Å². The number of carbonyl (C=O) groups is 4. The van der Waals surface area contributed by atoms with Crippen LogP contribution in [-0.2, 0) is 43.2 Å². The molecule has 4 aromatic rings. The Hall–Kier alpha value is -4.97. The molecule has 2 saturated heterocycles. The third-order valence-corrected chi connectivity index (χ3v) is 13.2. The van der Waals surface area contributed by atoms with Crippen LogP contribution in [0.1, 0.15) is 76.8 Å². The number of aryl methyl sites for hydroxylation is 1. The summed E-state index contributed by atoms with van der Waals surface area (Å²) in [5.74, 6) is -1.83. The third-order valence-electron chi connectivity index (χ3n) is 12.3. The lowest BCUT2D eigenvalue weighted by Gasteiger charge is -2.37. The number of carbonyl (C=O) groups excluding carboxylic acids is 4. The summed E-state index contributed by atoms with van der Waals surface area (Å²) in [5.41, 5.74) is 15.0. The van der Waals surface area contributed by atoms with Crippen molar-refractivity contribution in [3.05, 3.63) is 58.2 Å². The summed E-state index contributed by atoms with van der Waals surface area (Å²) in [6.45, 7) is 12.9. The molecular weight excluding hydrogens is 814 g/mol. The fourth-order valence-corrected chi connectivity index (χ4v) is 9.88. The zero-order valence-corrected chi connectivity index (χ0v) is 37.8. The Bertz CT molecular complexity index is 2300. The number of urea groups is 1. The van der Waals surface area contributed by atoms with Gasteiger partial charge in [-0.1, -0.05) is 33.8 Å². The standard InChI is InChI=1S/C45H60FN9O6S/c1-9-54-36-15-14-27-18-29(36)30(40(54)28-12-10-16-48-38(28)26(4)60-8)20-45(5,6)24-61-43(58)33-13-11-17-55(51-33)42(57)34(19-37-49-35(27)23-62-37)50-41(56)39(25(2)3)52(7)44(59)53-21-31(46)32(47)22-53/h10,12,14-16,18,23,25-26,31-34,39,51H,9,11,13,17,19-22,24,47H2,1-8H3,(H,50,56)/t26-,31-,32-,33-,34-,39-/m0/s1. The second kappa shape index (κ2) is 18.4. The van der Waals surface area contributed by atoms with Crippen molar-refractivity contribution in [2.24, 2.45) is 17.1 Å². The molecule has 7 rings (SSSR count). The molecule has 3 aliphatic heterocycles. The van der Waals surface area contributed by atoms with Gasteiger partial charge in [-0.3, -0.25) is 24.4 Å². The maximum absolute atomic E-state index is 14.5. The molecule has 17 heteroatoms. The first-order valence-electron chi connectivity index (χ1n) is 21.6. The molecule has 4 N–H and O–H groups in total. The van der Waals surface area contributed by atoms with E-state index >= 15 is 0 Å². The Morgan fingerprint density at radius 1 is 1.19 bits per heavy atom. The van der Waals surface area contributed by atoms with Crippen LogP contribution in [0.15, 0.2) is 41.9 Å². The number of hydrogen-bond donors (Lipinski definition) is 3. The van der Waals surface area contributed by atoms with Gasteiger partial charge < -0.3 is 34.9 Å². The van der Waals surface area contributed by atoms with Gasteiger partial charge in [-0.2, -0.15) is 0 Å². The molecule has 62 heavy (non-hydrogen) atoms. The molecule has 0 aliphatic carbocycles. The number of halogens is 1. The molecular formula is C45H60FN9O6S. The molecule has 6 bridgehead atoms. The fraction of sp³-hybridized carbons (Fsp3) is 0.556. The maximum atomic E-state index is 14.5. The molecule has 0 radical (unpaired) electrons. The van der Waals surface area contributed by atoms with Crippen molar-refractivity contribution in [2.45, 2.75) is 110 Å². The molecule has 3 aliphatic rings. The summed E-state index contributed by atoms with van der Waals surface area (Å²) in [7, 11) is 3.18. The van der Waals surface area contributed by atoms with E-state index in [1.807, 2.05) is 18.4 Å². The van der Waals surface area contributed by atoms with Crippen LogP contribution in [0, 0.1) is 11.3 Å². The van der Waals surface area contributed by atoms with E-state index in [4.69, 9.17) is 25.2 Å². The molecule has 15 nitrogen and oxygen atoms in total. The molecule has 2 fully saturated rings. The van der Waals surface area contributed by atoms with E-state index in [0.29, 0.717) is 37.4 Å². The quantitative estimate of drug-likeness (QED) is 0.198. The number of aromatic nitrogens is 3. The Kier molecular flexibility index (Phi) is 13.4. The highest BCUT2D eigenvalue weighted by Crippen LogP contribution is 2.42. The number of ether oxygens (including phenoxy) is 2. The van der Waals surface area contributed by atoms with E-state index in [1.165, 1.54) is 33.2 Å². The average molecular weight is 874 g/mol. The number of pyridine rings is 1. The van der Waals surface area contributed by atoms with Gasteiger partial charge in [0, 0.05) is 79.2 Å². The minimum Gasteiger partial charge on any atom is -0.464 e. The van der Waals surface area contributed by atoms with Crippen LogP contribution in [-0.4, -0.2) is 124 Å². The molecule has 0 saturated carbocycles. The minimum atomic E-state index is -1.36. The molecule has 334 valence electrons. The van der Waals surface area contributed by atoms with Crippen molar-refractivity contribution in [3.8, 4) is 22.5 Å². The van der Waals surface area contributed by atoms with Crippen molar-refractivity contribution >= 4 is 46.1 Å².